The highest BCUT2D eigenvalue weighted by Gasteiger charge is 2.16. The molecule has 6 heteroatoms. The normalized spacial score (nSPS) is 12.3. The second kappa shape index (κ2) is 7.24. The van der Waals surface area contributed by atoms with E-state index in [1.165, 1.54) is 0 Å². The molecule has 2 aromatic rings. The van der Waals surface area contributed by atoms with Gasteiger partial charge in [-0.25, -0.2) is 0 Å². The van der Waals surface area contributed by atoms with Gasteiger partial charge in [0.1, 0.15) is 13.2 Å². The van der Waals surface area contributed by atoms with Crippen LogP contribution in [0.15, 0.2) is 36.4 Å². The van der Waals surface area contributed by atoms with E-state index >= 15 is 0 Å². The maximum Gasteiger partial charge on any atom is 0.251 e. The molecule has 0 atom stereocenters. The SMILES string of the molecule is N#Cc1cccc(C(=O)NCCc2cc(Cl)c3c(c2)OCCO3)c1. The summed E-state index contributed by atoms with van der Waals surface area (Å²) in [6.07, 6.45) is 0.611. The largest absolute Gasteiger partial charge is 0.486 e. The molecule has 122 valence electrons. The molecule has 0 aliphatic carbocycles. The molecular weight excluding hydrogens is 328 g/mol. The van der Waals surface area contributed by atoms with E-state index in [-0.39, 0.29) is 5.91 Å². The van der Waals surface area contributed by atoms with E-state index in [0.29, 0.717) is 53.8 Å². The number of nitrogens with one attached hydrogen (secondary N) is 1. The highest BCUT2D eigenvalue weighted by atomic mass is 35.5. The summed E-state index contributed by atoms with van der Waals surface area (Å²) in [5, 5.41) is 12.2. The first kappa shape index (κ1) is 16.2. The van der Waals surface area contributed by atoms with Gasteiger partial charge in [-0.1, -0.05) is 17.7 Å². The van der Waals surface area contributed by atoms with Gasteiger partial charge in [0, 0.05) is 12.1 Å². The molecule has 1 amide bonds. The van der Waals surface area contributed by atoms with Crippen LogP contribution in [0.4, 0.5) is 0 Å². The van der Waals surface area contributed by atoms with Crippen LogP contribution in [0.2, 0.25) is 5.02 Å². The average Bonchev–Trinajstić information content (AvgIpc) is 2.62. The highest BCUT2D eigenvalue weighted by Crippen LogP contribution is 2.38. The lowest BCUT2D eigenvalue weighted by atomic mass is 10.1. The Kier molecular flexibility index (Phi) is 4.88. The van der Waals surface area contributed by atoms with Gasteiger partial charge in [-0.15, -0.1) is 0 Å². The van der Waals surface area contributed by atoms with Crippen LogP contribution in [0.25, 0.3) is 0 Å². The number of amides is 1. The zero-order valence-electron chi connectivity index (χ0n) is 12.8. The van der Waals surface area contributed by atoms with E-state index in [9.17, 15) is 4.79 Å². The molecule has 2 aromatic carbocycles. The Balaban J connectivity index is 1.61. The molecule has 24 heavy (non-hydrogen) atoms. The Hall–Kier alpha value is -2.71. The number of benzene rings is 2. The minimum Gasteiger partial charge on any atom is -0.486 e. The predicted molar refractivity (Wildman–Crippen MR) is 89.6 cm³/mol. The van der Waals surface area contributed by atoms with Gasteiger partial charge in [-0.05, 0) is 42.3 Å². The van der Waals surface area contributed by atoms with Gasteiger partial charge < -0.3 is 14.8 Å². The number of fused-ring (bicyclic) bond motifs is 1. The number of ether oxygens (including phenoxy) is 2. The number of carbonyl (C=O) groups is 1. The molecule has 0 aromatic heterocycles. The fraction of sp³-hybridized carbons (Fsp3) is 0.222. The average molecular weight is 343 g/mol. The maximum atomic E-state index is 12.1. The summed E-state index contributed by atoms with van der Waals surface area (Å²) < 4.78 is 11.0. The summed E-state index contributed by atoms with van der Waals surface area (Å²) >= 11 is 6.20. The summed E-state index contributed by atoms with van der Waals surface area (Å²) in [5.41, 5.74) is 1.88. The Morgan fingerprint density at radius 3 is 2.92 bits per heavy atom. The molecule has 0 saturated heterocycles. The van der Waals surface area contributed by atoms with Gasteiger partial charge in [0.25, 0.3) is 5.91 Å². The minimum absolute atomic E-state index is 0.212. The highest BCUT2D eigenvalue weighted by molar-refractivity contribution is 6.32. The van der Waals surface area contributed by atoms with Crippen LogP contribution in [-0.2, 0) is 6.42 Å². The van der Waals surface area contributed by atoms with Gasteiger partial charge in [0.2, 0.25) is 0 Å². The zero-order chi connectivity index (χ0) is 16.9. The third-order valence-electron chi connectivity index (χ3n) is 3.61. The van der Waals surface area contributed by atoms with Crippen molar-refractivity contribution in [2.75, 3.05) is 19.8 Å². The van der Waals surface area contributed by atoms with Crippen molar-refractivity contribution in [3.63, 3.8) is 0 Å². The third kappa shape index (κ3) is 3.61. The Labute approximate surface area is 144 Å². The lowest BCUT2D eigenvalue weighted by Crippen LogP contribution is -2.25. The maximum absolute atomic E-state index is 12.1. The first-order chi connectivity index (χ1) is 11.7. The monoisotopic (exact) mass is 342 g/mol. The molecule has 5 nitrogen and oxygen atoms in total. The van der Waals surface area contributed by atoms with Crippen molar-refractivity contribution in [2.45, 2.75) is 6.42 Å². The summed E-state index contributed by atoms with van der Waals surface area (Å²) in [5.74, 6) is 0.997. The van der Waals surface area contributed by atoms with Gasteiger partial charge >= 0.3 is 0 Å². The lowest BCUT2D eigenvalue weighted by Gasteiger charge is -2.20. The molecule has 1 aliphatic rings. The van der Waals surface area contributed by atoms with E-state index in [0.717, 1.165) is 5.56 Å². The molecule has 1 aliphatic heterocycles. The van der Waals surface area contributed by atoms with Gasteiger partial charge in [-0.3, -0.25) is 4.79 Å². The topological polar surface area (TPSA) is 71.4 Å². The van der Waals surface area contributed by atoms with E-state index < -0.39 is 0 Å². The molecule has 0 bridgehead atoms. The van der Waals surface area contributed by atoms with Crippen molar-refractivity contribution >= 4 is 17.5 Å². The summed E-state index contributed by atoms with van der Waals surface area (Å²) in [7, 11) is 0. The van der Waals surface area contributed by atoms with Crippen LogP contribution in [0.3, 0.4) is 0 Å². The number of nitriles is 1. The van der Waals surface area contributed by atoms with Crippen molar-refractivity contribution in [2.24, 2.45) is 0 Å². The lowest BCUT2D eigenvalue weighted by molar-refractivity contribution is 0.0954. The van der Waals surface area contributed by atoms with E-state index in [4.69, 9.17) is 26.3 Å². The second-order valence-electron chi connectivity index (χ2n) is 5.30. The predicted octanol–water partition coefficient (Wildman–Crippen LogP) is 2.96. The van der Waals surface area contributed by atoms with Crippen LogP contribution in [0.5, 0.6) is 11.5 Å². The Morgan fingerprint density at radius 1 is 1.25 bits per heavy atom. The number of rotatable bonds is 4. The summed E-state index contributed by atoms with van der Waals surface area (Å²) in [6.45, 7) is 1.44. The van der Waals surface area contributed by atoms with Gasteiger partial charge in [0.15, 0.2) is 11.5 Å². The number of halogens is 1. The third-order valence-corrected chi connectivity index (χ3v) is 3.89. The van der Waals surface area contributed by atoms with Crippen molar-refractivity contribution < 1.29 is 14.3 Å². The number of hydrogen-bond acceptors (Lipinski definition) is 4. The summed E-state index contributed by atoms with van der Waals surface area (Å²) in [6, 6.07) is 12.3. The standard InChI is InChI=1S/C18H15ClN2O3/c19-15-9-12(10-16-17(15)24-7-6-23-16)4-5-21-18(22)14-3-1-2-13(8-14)11-20/h1-3,8-10H,4-7H2,(H,21,22). The van der Waals surface area contributed by atoms with E-state index in [1.807, 2.05) is 18.2 Å². The molecule has 3 rings (SSSR count). The number of carbonyl (C=O) groups excluding carboxylic acids is 1. The van der Waals surface area contributed by atoms with E-state index in [1.54, 1.807) is 24.3 Å². The van der Waals surface area contributed by atoms with Crippen molar-refractivity contribution in [3.8, 4) is 17.6 Å². The van der Waals surface area contributed by atoms with Crippen LogP contribution < -0.4 is 14.8 Å². The molecule has 0 fully saturated rings. The zero-order valence-corrected chi connectivity index (χ0v) is 13.6. The molecule has 0 radical (unpaired) electrons. The smallest absolute Gasteiger partial charge is 0.251 e. The quantitative estimate of drug-likeness (QED) is 0.927. The van der Waals surface area contributed by atoms with Crippen LogP contribution >= 0.6 is 11.6 Å². The fourth-order valence-corrected chi connectivity index (χ4v) is 2.75. The van der Waals surface area contributed by atoms with E-state index in [2.05, 4.69) is 5.32 Å². The fourth-order valence-electron chi connectivity index (χ4n) is 2.46. The van der Waals surface area contributed by atoms with Gasteiger partial charge in [0.05, 0.1) is 16.7 Å². The minimum atomic E-state index is -0.212. The number of nitrogens with zero attached hydrogens (tertiary/aromatic N) is 1. The second-order valence-corrected chi connectivity index (χ2v) is 5.71. The number of hydrogen-bond donors (Lipinski definition) is 1. The molecule has 1 heterocycles. The molecule has 0 spiro atoms. The van der Waals surface area contributed by atoms with Crippen LogP contribution in [0.1, 0.15) is 21.5 Å². The Bertz CT molecular complexity index is 814. The van der Waals surface area contributed by atoms with Crippen molar-refractivity contribution in [1.82, 2.24) is 5.32 Å². The molecule has 0 saturated carbocycles. The van der Waals surface area contributed by atoms with Crippen LogP contribution in [0, 0.1) is 11.3 Å². The summed E-state index contributed by atoms with van der Waals surface area (Å²) in [4.78, 5) is 12.1. The Morgan fingerprint density at radius 2 is 2.08 bits per heavy atom. The van der Waals surface area contributed by atoms with Crippen molar-refractivity contribution in [1.29, 1.82) is 5.26 Å². The van der Waals surface area contributed by atoms with Crippen molar-refractivity contribution in [3.05, 3.63) is 58.1 Å². The van der Waals surface area contributed by atoms with Crippen LogP contribution in [-0.4, -0.2) is 25.7 Å². The molecule has 1 N–H and O–H groups in total. The molecule has 0 unspecified atom stereocenters. The first-order valence-electron chi connectivity index (χ1n) is 7.54. The first-order valence-corrected chi connectivity index (χ1v) is 7.91. The van der Waals surface area contributed by atoms with Gasteiger partial charge in [-0.2, -0.15) is 5.26 Å². The molecular formula is C18H15ClN2O3.